The summed E-state index contributed by atoms with van der Waals surface area (Å²) >= 11 is 5.16. The van der Waals surface area contributed by atoms with E-state index in [0.717, 1.165) is 32.5 Å². The molecule has 2 aromatic carbocycles. The van der Waals surface area contributed by atoms with Gasteiger partial charge in [0.2, 0.25) is 0 Å². The zero-order valence-electron chi connectivity index (χ0n) is 14.8. The Morgan fingerprint density at radius 2 is 1.89 bits per heavy atom. The second kappa shape index (κ2) is 8.15. The van der Waals surface area contributed by atoms with E-state index in [0.29, 0.717) is 6.54 Å². The van der Waals surface area contributed by atoms with Crippen molar-refractivity contribution in [2.24, 2.45) is 0 Å². The van der Waals surface area contributed by atoms with E-state index in [1.54, 1.807) is 18.0 Å². The normalized spacial score (nSPS) is 11.0. The topological polar surface area (TPSA) is 43.9 Å². The van der Waals surface area contributed by atoms with Crippen molar-refractivity contribution in [2.75, 3.05) is 0 Å². The molecule has 4 aromatic rings. The first kappa shape index (κ1) is 18.1. The predicted octanol–water partition coefficient (Wildman–Crippen LogP) is 5.95. The van der Waals surface area contributed by atoms with Gasteiger partial charge in [0.25, 0.3) is 0 Å². The molecule has 2 heterocycles. The molecule has 0 N–H and O–H groups in total. The smallest absolute Gasteiger partial charge is 0.192 e. The van der Waals surface area contributed by atoms with E-state index in [1.165, 1.54) is 11.1 Å². The quantitative estimate of drug-likeness (QED) is 0.348. The lowest BCUT2D eigenvalue weighted by atomic mass is 10.1. The Morgan fingerprint density at radius 1 is 1.04 bits per heavy atom. The van der Waals surface area contributed by atoms with E-state index in [-0.39, 0.29) is 0 Å². The van der Waals surface area contributed by atoms with Crippen molar-refractivity contribution < 1.29 is 4.42 Å². The summed E-state index contributed by atoms with van der Waals surface area (Å²) in [4.78, 5) is 0. The Kier molecular flexibility index (Phi) is 5.45. The van der Waals surface area contributed by atoms with Gasteiger partial charge in [-0.05, 0) is 42.8 Å². The molecule has 0 spiro atoms. The minimum absolute atomic E-state index is 0.603. The third kappa shape index (κ3) is 4.34. The molecule has 4 nitrogen and oxygen atoms in total. The van der Waals surface area contributed by atoms with Crippen molar-refractivity contribution in [1.29, 1.82) is 0 Å². The molecule has 2 aromatic heterocycles. The van der Waals surface area contributed by atoms with Gasteiger partial charge in [-0.1, -0.05) is 63.6 Å². The summed E-state index contributed by atoms with van der Waals surface area (Å²) < 4.78 is 8.77. The van der Waals surface area contributed by atoms with E-state index >= 15 is 0 Å². The number of rotatable bonds is 6. The fourth-order valence-electron chi connectivity index (χ4n) is 2.82. The zero-order chi connectivity index (χ0) is 18.6. The first-order valence-electron chi connectivity index (χ1n) is 8.59. The molecule has 0 aliphatic heterocycles. The SMILES string of the molecule is Cc1cccc(-c2nnc(SCc3ccc(Br)cc3)n2Cc2ccco2)c1. The number of aromatic nitrogens is 3. The van der Waals surface area contributed by atoms with Crippen LogP contribution in [0.4, 0.5) is 0 Å². The van der Waals surface area contributed by atoms with E-state index in [1.807, 2.05) is 18.2 Å². The minimum atomic E-state index is 0.603. The second-order valence-corrected chi connectivity index (χ2v) is 8.11. The van der Waals surface area contributed by atoms with Crippen molar-refractivity contribution >= 4 is 27.7 Å². The molecule has 27 heavy (non-hydrogen) atoms. The highest BCUT2D eigenvalue weighted by atomic mass is 79.9. The Labute approximate surface area is 170 Å². The number of aryl methyl sites for hydroxylation is 1. The molecule has 0 saturated carbocycles. The number of hydrogen-bond acceptors (Lipinski definition) is 4. The fraction of sp³-hybridized carbons (Fsp3) is 0.143. The Balaban J connectivity index is 1.65. The molecule has 6 heteroatoms. The van der Waals surface area contributed by atoms with Gasteiger partial charge in [-0.3, -0.25) is 4.57 Å². The lowest BCUT2D eigenvalue weighted by molar-refractivity contribution is 0.485. The van der Waals surface area contributed by atoms with Crippen LogP contribution in [0.2, 0.25) is 0 Å². The highest BCUT2D eigenvalue weighted by Gasteiger charge is 2.16. The van der Waals surface area contributed by atoms with E-state index in [2.05, 4.69) is 80.1 Å². The van der Waals surface area contributed by atoms with Crippen LogP contribution in [0.5, 0.6) is 0 Å². The van der Waals surface area contributed by atoms with Gasteiger partial charge in [-0.15, -0.1) is 10.2 Å². The second-order valence-electron chi connectivity index (χ2n) is 6.26. The molecule has 0 bridgehead atoms. The van der Waals surface area contributed by atoms with Crippen LogP contribution in [0, 0.1) is 6.92 Å². The summed E-state index contributed by atoms with van der Waals surface area (Å²) in [5.74, 6) is 2.57. The third-order valence-corrected chi connectivity index (χ3v) is 5.73. The van der Waals surface area contributed by atoms with E-state index < -0.39 is 0 Å². The Bertz CT molecular complexity index is 1030. The summed E-state index contributed by atoms with van der Waals surface area (Å²) in [6.07, 6.45) is 1.70. The molecular formula is C21H18BrN3OS. The monoisotopic (exact) mass is 439 g/mol. The number of hydrogen-bond donors (Lipinski definition) is 0. The van der Waals surface area contributed by atoms with Crippen LogP contribution in [0.15, 0.2) is 81.0 Å². The van der Waals surface area contributed by atoms with Crippen LogP contribution in [0.25, 0.3) is 11.4 Å². The van der Waals surface area contributed by atoms with Crippen molar-refractivity contribution in [3.8, 4) is 11.4 Å². The van der Waals surface area contributed by atoms with Crippen molar-refractivity contribution in [1.82, 2.24) is 14.8 Å². The highest BCUT2D eigenvalue weighted by Crippen LogP contribution is 2.28. The van der Waals surface area contributed by atoms with Crippen LogP contribution in [0.1, 0.15) is 16.9 Å². The minimum Gasteiger partial charge on any atom is -0.467 e. The summed E-state index contributed by atoms with van der Waals surface area (Å²) in [7, 11) is 0. The maximum absolute atomic E-state index is 5.56. The zero-order valence-corrected chi connectivity index (χ0v) is 17.2. The predicted molar refractivity (Wildman–Crippen MR) is 112 cm³/mol. The maximum atomic E-state index is 5.56. The van der Waals surface area contributed by atoms with Crippen LogP contribution in [-0.4, -0.2) is 14.8 Å². The fourth-order valence-corrected chi connectivity index (χ4v) is 3.98. The number of halogens is 1. The lowest BCUT2D eigenvalue weighted by Crippen LogP contribution is -2.03. The Morgan fingerprint density at radius 3 is 2.63 bits per heavy atom. The largest absolute Gasteiger partial charge is 0.467 e. The summed E-state index contributed by atoms with van der Waals surface area (Å²) in [5.41, 5.74) is 3.50. The average Bonchev–Trinajstić information content (AvgIpc) is 3.32. The van der Waals surface area contributed by atoms with Gasteiger partial charge in [0.05, 0.1) is 12.8 Å². The number of benzene rings is 2. The molecule has 0 amide bonds. The van der Waals surface area contributed by atoms with Crippen LogP contribution >= 0.6 is 27.7 Å². The molecule has 0 aliphatic rings. The number of thioether (sulfide) groups is 1. The average molecular weight is 440 g/mol. The molecule has 0 saturated heterocycles. The summed E-state index contributed by atoms with van der Waals surface area (Å²) in [5, 5.41) is 9.82. The third-order valence-electron chi connectivity index (χ3n) is 4.17. The van der Waals surface area contributed by atoms with Gasteiger partial charge in [-0.2, -0.15) is 0 Å². The first-order chi connectivity index (χ1) is 13.2. The van der Waals surface area contributed by atoms with Gasteiger partial charge in [0.15, 0.2) is 11.0 Å². The standard InChI is InChI=1S/C21H18BrN3OS/c1-15-4-2-5-17(12-15)20-23-24-21(25(20)13-19-6-3-11-26-19)27-14-16-7-9-18(22)10-8-16/h2-12H,13-14H2,1H3. The molecule has 0 unspecified atom stereocenters. The van der Waals surface area contributed by atoms with E-state index in [9.17, 15) is 0 Å². The molecule has 4 rings (SSSR count). The molecule has 0 fully saturated rings. The molecule has 0 atom stereocenters. The molecule has 136 valence electrons. The number of nitrogens with zero attached hydrogens (tertiary/aromatic N) is 3. The lowest BCUT2D eigenvalue weighted by Gasteiger charge is -2.09. The maximum Gasteiger partial charge on any atom is 0.192 e. The van der Waals surface area contributed by atoms with Gasteiger partial charge in [-0.25, -0.2) is 0 Å². The van der Waals surface area contributed by atoms with Crippen LogP contribution < -0.4 is 0 Å². The molecule has 0 aliphatic carbocycles. The Hall–Kier alpha value is -2.31. The molecular weight excluding hydrogens is 422 g/mol. The van der Waals surface area contributed by atoms with Crippen molar-refractivity contribution in [3.05, 3.63) is 88.3 Å². The highest BCUT2D eigenvalue weighted by molar-refractivity contribution is 9.10. The molecule has 0 radical (unpaired) electrons. The van der Waals surface area contributed by atoms with E-state index in [4.69, 9.17) is 4.42 Å². The number of furan rings is 1. The van der Waals surface area contributed by atoms with Crippen LogP contribution in [-0.2, 0) is 12.3 Å². The van der Waals surface area contributed by atoms with Gasteiger partial charge in [0.1, 0.15) is 5.76 Å². The summed E-state index contributed by atoms with van der Waals surface area (Å²) in [6, 6.07) is 20.6. The first-order valence-corrected chi connectivity index (χ1v) is 10.4. The van der Waals surface area contributed by atoms with Gasteiger partial charge >= 0.3 is 0 Å². The van der Waals surface area contributed by atoms with Crippen LogP contribution in [0.3, 0.4) is 0 Å². The summed E-state index contributed by atoms with van der Waals surface area (Å²) in [6.45, 7) is 2.69. The van der Waals surface area contributed by atoms with Crippen molar-refractivity contribution in [3.63, 3.8) is 0 Å². The van der Waals surface area contributed by atoms with Crippen molar-refractivity contribution in [2.45, 2.75) is 24.4 Å². The van der Waals surface area contributed by atoms with Gasteiger partial charge in [0, 0.05) is 15.8 Å². The van der Waals surface area contributed by atoms with Gasteiger partial charge < -0.3 is 4.42 Å².